The number of amides is 1. The Morgan fingerprint density at radius 3 is 2.71 bits per heavy atom. The number of carbonyl (C=O) groups excluding carboxylic acids is 1. The highest BCUT2D eigenvalue weighted by Gasteiger charge is 2.20. The number of ether oxygens (including phenoxy) is 1. The second kappa shape index (κ2) is 3.65. The molecule has 14 heavy (non-hydrogen) atoms. The highest BCUT2D eigenvalue weighted by Crippen LogP contribution is 2.35. The largest absolute Gasteiger partial charge is 0.410 e. The van der Waals surface area contributed by atoms with Crippen molar-refractivity contribution < 1.29 is 9.53 Å². The second-order valence-corrected chi connectivity index (χ2v) is 3.47. The van der Waals surface area contributed by atoms with Gasteiger partial charge in [0.25, 0.3) is 0 Å². The van der Waals surface area contributed by atoms with Crippen LogP contribution in [-0.2, 0) is 0 Å². The van der Waals surface area contributed by atoms with Crippen LogP contribution in [-0.4, -0.2) is 11.1 Å². The van der Waals surface area contributed by atoms with Gasteiger partial charge in [-0.05, 0) is 25.0 Å². The van der Waals surface area contributed by atoms with E-state index in [4.69, 9.17) is 5.73 Å². The lowest BCUT2D eigenvalue weighted by atomic mass is 9.83. The van der Waals surface area contributed by atoms with Crippen molar-refractivity contribution in [2.45, 2.75) is 25.2 Å². The minimum Gasteiger partial charge on any atom is -0.409 e. The number of hydrogen-bond donors (Lipinski definition) is 1. The molecule has 1 saturated carbocycles. The van der Waals surface area contributed by atoms with Gasteiger partial charge >= 0.3 is 6.09 Å². The summed E-state index contributed by atoms with van der Waals surface area (Å²) >= 11 is 0. The zero-order valence-corrected chi connectivity index (χ0v) is 7.77. The normalized spacial score (nSPS) is 16.0. The molecule has 1 heterocycles. The third kappa shape index (κ3) is 1.84. The van der Waals surface area contributed by atoms with Crippen LogP contribution in [0.5, 0.6) is 5.75 Å². The number of hydrogen-bond acceptors (Lipinski definition) is 3. The Morgan fingerprint density at radius 1 is 1.50 bits per heavy atom. The predicted molar refractivity (Wildman–Crippen MR) is 51.0 cm³/mol. The van der Waals surface area contributed by atoms with Crippen LogP contribution in [0.1, 0.15) is 30.9 Å². The van der Waals surface area contributed by atoms with Gasteiger partial charge in [0, 0.05) is 11.6 Å². The van der Waals surface area contributed by atoms with Crippen LogP contribution in [0.15, 0.2) is 18.3 Å². The van der Waals surface area contributed by atoms with E-state index in [0.717, 1.165) is 5.69 Å². The Morgan fingerprint density at radius 2 is 2.29 bits per heavy atom. The molecule has 1 fully saturated rings. The quantitative estimate of drug-likeness (QED) is 0.777. The average molecular weight is 192 g/mol. The molecule has 2 N–H and O–H groups in total. The van der Waals surface area contributed by atoms with Gasteiger partial charge in [0.1, 0.15) is 0 Å². The Hall–Kier alpha value is -1.58. The van der Waals surface area contributed by atoms with Gasteiger partial charge in [-0.2, -0.15) is 0 Å². The Labute approximate surface area is 82.1 Å². The molecular formula is C10H12N2O2. The fourth-order valence-corrected chi connectivity index (χ4v) is 1.51. The molecule has 2 rings (SSSR count). The van der Waals surface area contributed by atoms with Gasteiger partial charge in [0.2, 0.25) is 0 Å². The van der Waals surface area contributed by atoms with Gasteiger partial charge in [0.05, 0.1) is 6.20 Å². The van der Waals surface area contributed by atoms with Crippen molar-refractivity contribution in [3.05, 3.63) is 24.0 Å². The van der Waals surface area contributed by atoms with Crippen LogP contribution in [0, 0.1) is 0 Å². The number of aromatic nitrogens is 1. The van der Waals surface area contributed by atoms with Crippen molar-refractivity contribution in [2.75, 3.05) is 0 Å². The van der Waals surface area contributed by atoms with E-state index in [2.05, 4.69) is 9.72 Å². The van der Waals surface area contributed by atoms with E-state index < -0.39 is 6.09 Å². The summed E-state index contributed by atoms with van der Waals surface area (Å²) in [7, 11) is 0. The molecule has 1 aliphatic carbocycles. The summed E-state index contributed by atoms with van der Waals surface area (Å²) < 4.78 is 4.68. The zero-order valence-electron chi connectivity index (χ0n) is 7.77. The summed E-state index contributed by atoms with van der Waals surface area (Å²) in [5.74, 6) is 0.998. The Bertz CT molecular complexity index is 330. The number of carbonyl (C=O) groups is 1. The standard InChI is InChI=1S/C10H12N2O2/c11-10(13)14-8-4-5-9(12-6-8)7-2-1-3-7/h4-7H,1-3H2,(H2,11,13). The van der Waals surface area contributed by atoms with E-state index in [1.54, 1.807) is 12.3 Å². The summed E-state index contributed by atoms with van der Waals surface area (Å²) in [5.41, 5.74) is 5.95. The first kappa shape index (κ1) is 8.99. The van der Waals surface area contributed by atoms with Gasteiger partial charge in [-0.3, -0.25) is 4.98 Å². The Kier molecular flexibility index (Phi) is 2.35. The maximum absolute atomic E-state index is 10.4. The third-order valence-corrected chi connectivity index (χ3v) is 2.50. The van der Waals surface area contributed by atoms with E-state index in [1.807, 2.05) is 6.07 Å². The first-order valence-electron chi connectivity index (χ1n) is 4.69. The van der Waals surface area contributed by atoms with Crippen LogP contribution in [0.25, 0.3) is 0 Å². The fraction of sp³-hybridized carbons (Fsp3) is 0.400. The summed E-state index contributed by atoms with van der Waals surface area (Å²) in [6.07, 6.45) is 4.44. The summed E-state index contributed by atoms with van der Waals surface area (Å²) in [5, 5.41) is 0. The molecular weight excluding hydrogens is 180 g/mol. The first-order valence-corrected chi connectivity index (χ1v) is 4.69. The van der Waals surface area contributed by atoms with Crippen molar-refractivity contribution in [1.82, 2.24) is 4.98 Å². The van der Waals surface area contributed by atoms with Gasteiger partial charge in [0.15, 0.2) is 5.75 Å². The number of pyridine rings is 1. The molecule has 0 spiro atoms. The lowest BCUT2D eigenvalue weighted by molar-refractivity contribution is 0.210. The molecule has 0 aliphatic heterocycles. The lowest BCUT2D eigenvalue weighted by Crippen LogP contribution is -2.16. The van der Waals surface area contributed by atoms with Crippen molar-refractivity contribution >= 4 is 6.09 Å². The number of nitrogens with zero attached hydrogens (tertiary/aromatic N) is 1. The highest BCUT2D eigenvalue weighted by atomic mass is 16.5. The first-order chi connectivity index (χ1) is 6.75. The van der Waals surface area contributed by atoms with Crippen molar-refractivity contribution in [1.29, 1.82) is 0 Å². The maximum atomic E-state index is 10.4. The molecule has 0 bridgehead atoms. The summed E-state index contributed by atoms with van der Waals surface area (Å²) in [6.45, 7) is 0. The van der Waals surface area contributed by atoms with Crippen LogP contribution < -0.4 is 10.5 Å². The van der Waals surface area contributed by atoms with Crippen LogP contribution in [0.3, 0.4) is 0 Å². The van der Waals surface area contributed by atoms with Gasteiger partial charge < -0.3 is 10.5 Å². The van der Waals surface area contributed by atoms with E-state index in [9.17, 15) is 4.79 Å². The monoisotopic (exact) mass is 192 g/mol. The SMILES string of the molecule is NC(=O)Oc1ccc(C2CCC2)nc1. The molecule has 1 amide bonds. The van der Waals surface area contributed by atoms with Crippen LogP contribution in [0.4, 0.5) is 4.79 Å². The van der Waals surface area contributed by atoms with Crippen molar-refractivity contribution in [3.63, 3.8) is 0 Å². The summed E-state index contributed by atoms with van der Waals surface area (Å²) in [6, 6.07) is 3.62. The van der Waals surface area contributed by atoms with Crippen LogP contribution >= 0.6 is 0 Å². The molecule has 1 aliphatic rings. The molecule has 1 aromatic heterocycles. The average Bonchev–Trinajstić information content (AvgIpc) is 2.04. The van der Waals surface area contributed by atoms with Crippen molar-refractivity contribution in [3.8, 4) is 5.75 Å². The topological polar surface area (TPSA) is 65.2 Å². The molecule has 0 aromatic carbocycles. The minimum atomic E-state index is -0.803. The molecule has 0 saturated heterocycles. The highest BCUT2D eigenvalue weighted by molar-refractivity contribution is 5.67. The number of primary amides is 1. The Balaban J connectivity index is 2.05. The van der Waals surface area contributed by atoms with Gasteiger partial charge in [-0.25, -0.2) is 4.79 Å². The predicted octanol–water partition coefficient (Wildman–Crippen LogP) is 1.81. The number of nitrogens with two attached hydrogens (primary N) is 1. The fourth-order valence-electron chi connectivity index (χ4n) is 1.51. The second-order valence-electron chi connectivity index (χ2n) is 3.47. The van der Waals surface area contributed by atoms with E-state index in [0.29, 0.717) is 11.7 Å². The molecule has 4 heteroatoms. The molecule has 0 atom stereocenters. The van der Waals surface area contributed by atoms with Gasteiger partial charge in [-0.1, -0.05) is 6.42 Å². The smallest absolute Gasteiger partial charge is 0.409 e. The maximum Gasteiger partial charge on any atom is 0.410 e. The molecule has 4 nitrogen and oxygen atoms in total. The minimum absolute atomic E-state index is 0.403. The zero-order chi connectivity index (χ0) is 9.97. The van der Waals surface area contributed by atoms with E-state index >= 15 is 0 Å². The number of rotatable bonds is 2. The summed E-state index contributed by atoms with van der Waals surface area (Å²) in [4.78, 5) is 14.6. The lowest BCUT2D eigenvalue weighted by Gasteiger charge is -2.24. The van der Waals surface area contributed by atoms with Gasteiger partial charge in [-0.15, -0.1) is 0 Å². The molecule has 0 unspecified atom stereocenters. The molecule has 0 radical (unpaired) electrons. The molecule has 1 aromatic rings. The van der Waals surface area contributed by atoms with Crippen molar-refractivity contribution in [2.24, 2.45) is 5.73 Å². The van der Waals surface area contributed by atoms with E-state index in [-0.39, 0.29) is 0 Å². The van der Waals surface area contributed by atoms with Crippen LogP contribution in [0.2, 0.25) is 0 Å². The molecule has 74 valence electrons. The third-order valence-electron chi connectivity index (χ3n) is 2.50. The van der Waals surface area contributed by atoms with E-state index in [1.165, 1.54) is 19.3 Å².